The molecular formula is C21H23FN2O3. The van der Waals surface area contributed by atoms with Crippen molar-refractivity contribution in [3.63, 3.8) is 0 Å². The number of benzene rings is 2. The molecule has 5 nitrogen and oxygen atoms in total. The Kier molecular flexibility index (Phi) is 5.17. The second-order valence-electron chi connectivity index (χ2n) is 6.93. The van der Waals surface area contributed by atoms with Crippen LogP contribution in [0.5, 0.6) is 0 Å². The SMILES string of the molecule is Cc1ccc(F)c(C(=O)O[C@H](C)C(=O)N2c3ccccc3CC[C@H]2C)c1N. The van der Waals surface area contributed by atoms with Crippen LogP contribution in [0.1, 0.15) is 41.8 Å². The topological polar surface area (TPSA) is 72.6 Å². The summed E-state index contributed by atoms with van der Waals surface area (Å²) in [6.07, 6.45) is 0.647. The van der Waals surface area contributed by atoms with E-state index in [1.165, 1.54) is 13.0 Å². The molecule has 142 valence electrons. The average molecular weight is 370 g/mol. The Morgan fingerprint density at radius 1 is 1.26 bits per heavy atom. The van der Waals surface area contributed by atoms with Gasteiger partial charge in [0.15, 0.2) is 6.10 Å². The second-order valence-corrected chi connectivity index (χ2v) is 6.93. The van der Waals surface area contributed by atoms with Crippen LogP contribution in [0.4, 0.5) is 15.8 Å². The van der Waals surface area contributed by atoms with E-state index in [1.54, 1.807) is 11.8 Å². The zero-order valence-corrected chi connectivity index (χ0v) is 15.7. The van der Waals surface area contributed by atoms with Gasteiger partial charge in [0.2, 0.25) is 0 Å². The van der Waals surface area contributed by atoms with Crippen molar-refractivity contribution in [1.29, 1.82) is 0 Å². The third-order valence-corrected chi connectivity index (χ3v) is 5.01. The van der Waals surface area contributed by atoms with E-state index in [0.29, 0.717) is 5.56 Å². The summed E-state index contributed by atoms with van der Waals surface area (Å²) in [5.74, 6) is -2.04. The van der Waals surface area contributed by atoms with E-state index in [2.05, 4.69) is 0 Å². The van der Waals surface area contributed by atoms with Crippen LogP contribution in [0.2, 0.25) is 0 Å². The van der Waals surface area contributed by atoms with Crippen LogP contribution in [-0.4, -0.2) is 24.0 Å². The molecule has 2 aromatic carbocycles. The lowest BCUT2D eigenvalue weighted by Gasteiger charge is -2.36. The number of amides is 1. The molecular weight excluding hydrogens is 347 g/mol. The molecule has 2 aromatic rings. The van der Waals surface area contributed by atoms with Gasteiger partial charge in [-0.2, -0.15) is 0 Å². The van der Waals surface area contributed by atoms with Gasteiger partial charge in [0.1, 0.15) is 11.4 Å². The number of carbonyl (C=O) groups is 2. The summed E-state index contributed by atoms with van der Waals surface area (Å²) >= 11 is 0. The highest BCUT2D eigenvalue weighted by atomic mass is 19.1. The minimum atomic E-state index is -1.06. The fraction of sp³-hybridized carbons (Fsp3) is 0.333. The van der Waals surface area contributed by atoms with Gasteiger partial charge in [-0.25, -0.2) is 9.18 Å². The Morgan fingerprint density at radius 3 is 2.70 bits per heavy atom. The minimum absolute atomic E-state index is 0.0191. The second kappa shape index (κ2) is 7.39. The van der Waals surface area contributed by atoms with Crippen LogP contribution < -0.4 is 10.6 Å². The predicted octanol–water partition coefficient (Wildman–Crippen LogP) is 3.63. The third-order valence-electron chi connectivity index (χ3n) is 5.01. The number of carbonyl (C=O) groups excluding carboxylic acids is 2. The fourth-order valence-electron chi connectivity index (χ4n) is 3.39. The Labute approximate surface area is 157 Å². The molecule has 0 unspecified atom stereocenters. The summed E-state index contributed by atoms with van der Waals surface area (Å²) in [6.45, 7) is 5.13. The van der Waals surface area contributed by atoms with Crippen LogP contribution in [0, 0.1) is 12.7 Å². The lowest BCUT2D eigenvalue weighted by molar-refractivity contribution is -0.127. The first-order chi connectivity index (χ1) is 12.8. The molecule has 1 aliphatic heterocycles. The predicted molar refractivity (Wildman–Crippen MR) is 102 cm³/mol. The highest BCUT2D eigenvalue weighted by molar-refractivity contribution is 6.01. The normalized spacial score (nSPS) is 17.2. The van der Waals surface area contributed by atoms with Crippen molar-refractivity contribution in [3.8, 4) is 0 Å². The van der Waals surface area contributed by atoms with E-state index in [9.17, 15) is 14.0 Å². The lowest BCUT2D eigenvalue weighted by Crippen LogP contribution is -2.47. The molecule has 27 heavy (non-hydrogen) atoms. The monoisotopic (exact) mass is 370 g/mol. The number of nitrogens with zero attached hydrogens (tertiary/aromatic N) is 1. The zero-order chi connectivity index (χ0) is 19.7. The van der Waals surface area contributed by atoms with Crippen molar-refractivity contribution in [2.24, 2.45) is 0 Å². The van der Waals surface area contributed by atoms with Crippen molar-refractivity contribution in [2.75, 3.05) is 10.6 Å². The summed E-state index contributed by atoms with van der Waals surface area (Å²) in [7, 11) is 0. The largest absolute Gasteiger partial charge is 0.449 e. The number of rotatable bonds is 3. The van der Waals surface area contributed by atoms with Crippen LogP contribution in [-0.2, 0) is 16.0 Å². The van der Waals surface area contributed by atoms with Crippen LogP contribution in [0.25, 0.3) is 0 Å². The number of hydrogen-bond acceptors (Lipinski definition) is 4. The maximum atomic E-state index is 14.1. The molecule has 1 heterocycles. The van der Waals surface area contributed by atoms with Crippen molar-refractivity contribution in [2.45, 2.75) is 45.8 Å². The van der Waals surface area contributed by atoms with Crippen LogP contribution in [0.3, 0.4) is 0 Å². The quantitative estimate of drug-likeness (QED) is 0.661. The smallest absolute Gasteiger partial charge is 0.344 e. The van der Waals surface area contributed by atoms with Crippen LogP contribution in [0.15, 0.2) is 36.4 Å². The summed E-state index contributed by atoms with van der Waals surface area (Å²) < 4.78 is 19.4. The maximum Gasteiger partial charge on any atom is 0.344 e. The number of ether oxygens (including phenoxy) is 1. The molecule has 3 rings (SSSR count). The zero-order valence-electron chi connectivity index (χ0n) is 15.7. The fourth-order valence-corrected chi connectivity index (χ4v) is 3.39. The van der Waals surface area contributed by atoms with Gasteiger partial charge in [-0.1, -0.05) is 24.3 Å². The minimum Gasteiger partial charge on any atom is -0.449 e. The van der Waals surface area contributed by atoms with E-state index in [0.717, 1.165) is 30.2 Å². The summed E-state index contributed by atoms with van der Waals surface area (Å²) in [6, 6.07) is 10.3. The Bertz CT molecular complexity index is 897. The number of para-hydroxylation sites is 1. The lowest BCUT2D eigenvalue weighted by atomic mass is 9.96. The van der Waals surface area contributed by atoms with Crippen molar-refractivity contribution in [3.05, 3.63) is 58.9 Å². The summed E-state index contributed by atoms with van der Waals surface area (Å²) in [4.78, 5) is 27.1. The van der Waals surface area contributed by atoms with Gasteiger partial charge in [-0.05, 0) is 56.9 Å². The van der Waals surface area contributed by atoms with Gasteiger partial charge in [0.25, 0.3) is 5.91 Å². The van der Waals surface area contributed by atoms with Crippen molar-refractivity contribution >= 4 is 23.3 Å². The number of hydrogen-bond donors (Lipinski definition) is 1. The first kappa shape index (κ1) is 18.9. The molecule has 0 bridgehead atoms. The maximum absolute atomic E-state index is 14.1. The van der Waals surface area contributed by atoms with E-state index >= 15 is 0 Å². The highest BCUT2D eigenvalue weighted by Crippen LogP contribution is 2.31. The summed E-state index contributed by atoms with van der Waals surface area (Å²) in [5.41, 5.74) is 8.00. The molecule has 1 amide bonds. The molecule has 6 heteroatoms. The Morgan fingerprint density at radius 2 is 1.96 bits per heavy atom. The Hall–Kier alpha value is -2.89. The summed E-state index contributed by atoms with van der Waals surface area (Å²) in [5, 5.41) is 0. The van der Waals surface area contributed by atoms with Gasteiger partial charge in [0, 0.05) is 11.7 Å². The third kappa shape index (κ3) is 3.52. The molecule has 0 spiro atoms. The number of halogens is 1. The molecule has 0 saturated carbocycles. The van der Waals surface area contributed by atoms with E-state index in [1.807, 2.05) is 31.2 Å². The van der Waals surface area contributed by atoms with Crippen molar-refractivity contribution in [1.82, 2.24) is 0 Å². The first-order valence-electron chi connectivity index (χ1n) is 8.97. The molecule has 0 aromatic heterocycles. The molecule has 0 aliphatic carbocycles. The van der Waals surface area contributed by atoms with Gasteiger partial charge >= 0.3 is 5.97 Å². The van der Waals surface area contributed by atoms with E-state index < -0.39 is 17.9 Å². The number of nitrogen functional groups attached to an aromatic ring is 1. The first-order valence-corrected chi connectivity index (χ1v) is 8.97. The van der Waals surface area contributed by atoms with Gasteiger partial charge in [-0.15, -0.1) is 0 Å². The standard InChI is InChI=1S/C21H23FN2O3/c1-12-8-11-16(22)18(19(12)23)21(26)27-14(3)20(25)24-13(2)9-10-15-6-4-5-7-17(15)24/h4-8,11,13-14H,9-10,23H2,1-3H3/t13-,14-/m1/s1. The molecule has 0 saturated heterocycles. The van der Waals surface area contributed by atoms with Gasteiger partial charge in [0.05, 0.1) is 5.69 Å². The molecule has 1 aliphatic rings. The molecule has 2 atom stereocenters. The van der Waals surface area contributed by atoms with E-state index in [-0.39, 0.29) is 23.2 Å². The number of aryl methyl sites for hydroxylation is 2. The highest BCUT2D eigenvalue weighted by Gasteiger charge is 2.33. The van der Waals surface area contributed by atoms with Gasteiger partial charge in [-0.3, -0.25) is 4.79 Å². The van der Waals surface area contributed by atoms with Crippen molar-refractivity contribution < 1.29 is 18.7 Å². The average Bonchev–Trinajstić information content (AvgIpc) is 2.64. The number of fused-ring (bicyclic) bond motifs is 1. The van der Waals surface area contributed by atoms with Gasteiger partial charge < -0.3 is 15.4 Å². The van der Waals surface area contributed by atoms with E-state index in [4.69, 9.17) is 10.5 Å². The number of esters is 1. The Balaban J connectivity index is 1.83. The molecule has 2 N–H and O–H groups in total. The molecule has 0 radical (unpaired) electrons. The number of nitrogens with two attached hydrogens (primary N) is 1. The molecule has 0 fully saturated rings. The van der Waals surface area contributed by atoms with Crippen LogP contribution >= 0.6 is 0 Å². The number of anilines is 2.